The second-order valence-corrected chi connectivity index (χ2v) is 9.54. The van der Waals surface area contributed by atoms with Crippen molar-refractivity contribution in [3.05, 3.63) is 59.7 Å². The van der Waals surface area contributed by atoms with Gasteiger partial charge in [-0.1, -0.05) is 36.4 Å². The molecule has 0 unspecified atom stereocenters. The van der Waals surface area contributed by atoms with Gasteiger partial charge in [-0.05, 0) is 67.9 Å². The summed E-state index contributed by atoms with van der Waals surface area (Å²) in [5.74, 6) is 3.06. The van der Waals surface area contributed by atoms with E-state index < -0.39 is 5.60 Å². The molecule has 2 heterocycles. The molecule has 1 saturated heterocycles. The van der Waals surface area contributed by atoms with Crippen LogP contribution in [0.1, 0.15) is 43.2 Å². The molecular weight excluding hydrogens is 334 g/mol. The van der Waals surface area contributed by atoms with Gasteiger partial charge in [0.15, 0.2) is 5.60 Å². The number of nitrogens with zero attached hydrogens (tertiary/aromatic N) is 1. The maximum Gasteiger partial charge on any atom is 0.190 e. The van der Waals surface area contributed by atoms with Gasteiger partial charge in [-0.25, -0.2) is 9.78 Å². The highest BCUT2D eigenvalue weighted by molar-refractivity contribution is 5.78. The predicted octanol–water partition coefficient (Wildman–Crippen LogP) is 5.17. The molecule has 8 rings (SSSR count). The van der Waals surface area contributed by atoms with Gasteiger partial charge in [-0.15, -0.1) is 0 Å². The Labute approximate surface area is 160 Å². The van der Waals surface area contributed by atoms with Crippen molar-refractivity contribution in [1.82, 2.24) is 0 Å². The topological polar surface area (TPSA) is 21.7 Å². The highest BCUT2D eigenvalue weighted by Gasteiger charge is 2.77. The van der Waals surface area contributed by atoms with Crippen molar-refractivity contribution < 1.29 is 9.78 Å². The van der Waals surface area contributed by atoms with E-state index in [1.807, 2.05) is 0 Å². The van der Waals surface area contributed by atoms with Crippen LogP contribution in [0, 0.1) is 23.7 Å². The summed E-state index contributed by atoms with van der Waals surface area (Å²) < 4.78 is 0. The fourth-order valence-electron chi connectivity index (χ4n) is 7.73. The lowest BCUT2D eigenvalue weighted by Crippen LogP contribution is -2.76. The van der Waals surface area contributed by atoms with Gasteiger partial charge >= 0.3 is 0 Å². The molecule has 27 heavy (non-hydrogen) atoms. The van der Waals surface area contributed by atoms with Gasteiger partial charge in [0.1, 0.15) is 5.60 Å². The molecular formula is C24H25NO2. The molecule has 2 spiro atoms. The van der Waals surface area contributed by atoms with Crippen molar-refractivity contribution in [3.63, 3.8) is 0 Å². The van der Waals surface area contributed by atoms with Gasteiger partial charge in [-0.3, -0.25) is 0 Å². The molecule has 3 nitrogen and oxygen atoms in total. The first-order valence-corrected chi connectivity index (χ1v) is 10.5. The van der Waals surface area contributed by atoms with Crippen molar-refractivity contribution in [2.24, 2.45) is 23.7 Å². The van der Waals surface area contributed by atoms with Gasteiger partial charge in [0.05, 0.1) is 0 Å². The number of anilines is 2. The molecule has 2 aromatic carbocycles. The Morgan fingerprint density at radius 2 is 1.26 bits per heavy atom. The van der Waals surface area contributed by atoms with E-state index >= 15 is 0 Å². The highest BCUT2D eigenvalue weighted by atomic mass is 17.3. The lowest BCUT2D eigenvalue weighted by atomic mass is 9.44. The minimum absolute atomic E-state index is 0.187. The van der Waals surface area contributed by atoms with Crippen molar-refractivity contribution in [1.29, 1.82) is 0 Å². The number of benzene rings is 2. The van der Waals surface area contributed by atoms with Gasteiger partial charge < -0.3 is 4.90 Å². The van der Waals surface area contributed by atoms with E-state index in [4.69, 9.17) is 9.78 Å². The normalized spacial score (nSPS) is 39.4. The van der Waals surface area contributed by atoms with E-state index in [1.54, 1.807) is 0 Å². The molecule has 0 N–H and O–H groups in total. The van der Waals surface area contributed by atoms with Gasteiger partial charge in [-0.2, -0.15) is 0 Å². The summed E-state index contributed by atoms with van der Waals surface area (Å²) in [6.45, 7) is 0. The first kappa shape index (κ1) is 15.1. The average Bonchev–Trinajstić information content (AvgIpc) is 2.67. The lowest BCUT2D eigenvalue weighted by Gasteiger charge is -2.70. The fourth-order valence-corrected chi connectivity index (χ4v) is 7.73. The van der Waals surface area contributed by atoms with Crippen molar-refractivity contribution >= 4 is 11.4 Å². The third-order valence-corrected chi connectivity index (χ3v) is 8.50. The van der Waals surface area contributed by atoms with Crippen molar-refractivity contribution in [2.45, 2.75) is 43.3 Å². The fraction of sp³-hybridized carbons (Fsp3) is 0.500. The summed E-state index contributed by atoms with van der Waals surface area (Å²) in [4.78, 5) is 15.0. The first-order valence-electron chi connectivity index (χ1n) is 10.5. The Kier molecular flexibility index (Phi) is 2.67. The molecule has 4 aliphatic carbocycles. The summed E-state index contributed by atoms with van der Waals surface area (Å²) >= 11 is 0. The second-order valence-electron chi connectivity index (χ2n) is 9.54. The molecule has 3 heteroatoms. The van der Waals surface area contributed by atoms with E-state index in [9.17, 15) is 0 Å². The molecule has 4 saturated carbocycles. The van der Waals surface area contributed by atoms with Crippen LogP contribution in [0.5, 0.6) is 0 Å². The molecule has 6 aliphatic rings. The van der Waals surface area contributed by atoms with Crippen LogP contribution in [0.2, 0.25) is 0 Å². The monoisotopic (exact) mass is 359 g/mol. The van der Waals surface area contributed by atoms with Crippen LogP contribution in [-0.2, 0) is 15.4 Å². The number of fused-ring (bicyclic) bond motifs is 4. The van der Waals surface area contributed by atoms with Crippen LogP contribution in [0.3, 0.4) is 0 Å². The summed E-state index contributed by atoms with van der Waals surface area (Å²) in [5.41, 5.74) is 4.47. The smallest absolute Gasteiger partial charge is 0.190 e. The first-order chi connectivity index (χ1) is 13.2. The average molecular weight is 359 g/mol. The Morgan fingerprint density at radius 1 is 0.741 bits per heavy atom. The number of hydrogen-bond acceptors (Lipinski definition) is 3. The molecule has 4 bridgehead atoms. The standard InChI is InChI=1S/C24H25NO2/c1-25-21-8-4-2-6-19(21)24(20-7-3-5-9-22(20)25)23(26-27-24)17-11-15-10-16(13-17)14-18(23)12-15/h2-9,15-18H,10-14H2,1H3. The minimum Gasteiger partial charge on any atom is -0.344 e. The zero-order valence-corrected chi connectivity index (χ0v) is 15.7. The molecule has 2 aromatic rings. The molecule has 2 aliphatic heterocycles. The molecule has 0 atom stereocenters. The Balaban J connectivity index is 1.52. The quantitative estimate of drug-likeness (QED) is 0.606. The van der Waals surface area contributed by atoms with Gasteiger partial charge in [0.2, 0.25) is 0 Å². The third kappa shape index (κ3) is 1.53. The van der Waals surface area contributed by atoms with Crippen LogP contribution in [0.4, 0.5) is 11.4 Å². The van der Waals surface area contributed by atoms with E-state index in [1.165, 1.54) is 54.6 Å². The summed E-state index contributed by atoms with van der Waals surface area (Å²) in [6.07, 6.45) is 6.72. The third-order valence-electron chi connectivity index (χ3n) is 8.50. The van der Waals surface area contributed by atoms with Crippen LogP contribution >= 0.6 is 0 Å². The number of rotatable bonds is 0. The SMILES string of the molecule is CN1c2ccccc2C2(OOC23C2CC4CC(C2)CC3C4)c2ccccc21. The highest BCUT2D eigenvalue weighted by Crippen LogP contribution is 2.72. The summed E-state index contributed by atoms with van der Waals surface area (Å²) in [5, 5.41) is 0. The summed E-state index contributed by atoms with van der Waals surface area (Å²) in [7, 11) is 2.17. The van der Waals surface area contributed by atoms with E-state index in [2.05, 4.69) is 60.5 Å². The van der Waals surface area contributed by atoms with E-state index in [-0.39, 0.29) is 5.60 Å². The van der Waals surface area contributed by atoms with E-state index in [0.29, 0.717) is 11.8 Å². The molecule has 0 aromatic heterocycles. The Morgan fingerprint density at radius 3 is 1.74 bits per heavy atom. The summed E-state index contributed by atoms with van der Waals surface area (Å²) in [6, 6.07) is 17.6. The van der Waals surface area contributed by atoms with Crippen LogP contribution in [0.25, 0.3) is 0 Å². The zero-order valence-electron chi connectivity index (χ0n) is 15.7. The molecule has 0 amide bonds. The predicted molar refractivity (Wildman–Crippen MR) is 104 cm³/mol. The largest absolute Gasteiger partial charge is 0.344 e. The second kappa shape index (κ2) is 4.76. The zero-order chi connectivity index (χ0) is 17.8. The number of hydrogen-bond donors (Lipinski definition) is 0. The van der Waals surface area contributed by atoms with E-state index in [0.717, 1.165) is 11.8 Å². The lowest BCUT2D eigenvalue weighted by molar-refractivity contribution is -0.583. The molecule has 138 valence electrons. The van der Waals surface area contributed by atoms with Crippen LogP contribution < -0.4 is 4.90 Å². The molecule has 0 radical (unpaired) electrons. The van der Waals surface area contributed by atoms with Crippen molar-refractivity contribution in [2.75, 3.05) is 11.9 Å². The number of para-hydroxylation sites is 2. The maximum absolute atomic E-state index is 6.32. The van der Waals surface area contributed by atoms with Crippen LogP contribution in [-0.4, -0.2) is 12.6 Å². The molecule has 5 fully saturated rings. The van der Waals surface area contributed by atoms with Crippen molar-refractivity contribution in [3.8, 4) is 0 Å². The Hall–Kier alpha value is -1.84. The van der Waals surface area contributed by atoms with Crippen LogP contribution in [0.15, 0.2) is 48.5 Å². The maximum atomic E-state index is 6.32. The van der Waals surface area contributed by atoms with Gasteiger partial charge in [0.25, 0.3) is 0 Å². The van der Waals surface area contributed by atoms with Gasteiger partial charge in [0, 0.05) is 29.5 Å². The Bertz CT molecular complexity index is 875. The minimum atomic E-state index is -0.449.